The van der Waals surface area contributed by atoms with Crippen LogP contribution in [-0.4, -0.2) is 27.2 Å². The van der Waals surface area contributed by atoms with Crippen molar-refractivity contribution in [2.45, 2.75) is 13.1 Å². The molecule has 8 nitrogen and oxygen atoms in total. The third kappa shape index (κ3) is 3.87. The first kappa shape index (κ1) is 21.2. The van der Waals surface area contributed by atoms with Gasteiger partial charge in [0.15, 0.2) is 17.1 Å². The highest BCUT2D eigenvalue weighted by Crippen LogP contribution is 2.34. The van der Waals surface area contributed by atoms with Crippen molar-refractivity contribution in [3.63, 3.8) is 0 Å². The van der Waals surface area contributed by atoms with Gasteiger partial charge in [-0.2, -0.15) is 0 Å². The molecule has 0 fully saturated rings. The van der Waals surface area contributed by atoms with Crippen molar-refractivity contribution < 1.29 is 14.3 Å². The highest BCUT2D eigenvalue weighted by Gasteiger charge is 2.24. The van der Waals surface area contributed by atoms with Crippen molar-refractivity contribution >= 4 is 45.5 Å². The smallest absolute Gasteiger partial charge is 0.257 e. The first-order valence-electron chi connectivity index (χ1n) is 11.0. The van der Waals surface area contributed by atoms with Gasteiger partial charge in [0.1, 0.15) is 16.9 Å². The number of ether oxygens (including phenoxy) is 2. The number of halogens is 1. The summed E-state index contributed by atoms with van der Waals surface area (Å²) >= 11 is 5.97. The molecular formula is C26H20ClN5O3. The third-order valence-electron chi connectivity index (χ3n) is 5.96. The molecule has 0 unspecified atom stereocenters. The van der Waals surface area contributed by atoms with Crippen LogP contribution in [0.15, 0.2) is 66.7 Å². The number of nitrogens with zero attached hydrogens (tertiary/aromatic N) is 3. The van der Waals surface area contributed by atoms with E-state index in [0.717, 1.165) is 16.6 Å². The largest absolute Gasteiger partial charge is 0.454 e. The number of carbonyl (C=O) groups excluding carboxylic acids is 1. The van der Waals surface area contributed by atoms with E-state index in [2.05, 4.69) is 5.32 Å². The number of para-hydroxylation sites is 2. The van der Waals surface area contributed by atoms with Crippen LogP contribution in [0.2, 0.25) is 5.02 Å². The number of benzene rings is 3. The zero-order valence-electron chi connectivity index (χ0n) is 18.5. The van der Waals surface area contributed by atoms with E-state index in [9.17, 15) is 4.79 Å². The van der Waals surface area contributed by atoms with E-state index in [4.69, 9.17) is 36.8 Å². The molecule has 6 rings (SSSR count). The summed E-state index contributed by atoms with van der Waals surface area (Å²) in [6.45, 7) is 0.907. The number of nitrogen functional groups attached to an aromatic ring is 1. The molecule has 0 atom stereocenters. The van der Waals surface area contributed by atoms with Crippen LogP contribution in [0.3, 0.4) is 0 Å². The van der Waals surface area contributed by atoms with Crippen molar-refractivity contribution in [3.8, 4) is 11.5 Å². The molecule has 3 aromatic carbocycles. The lowest BCUT2D eigenvalue weighted by atomic mass is 10.2. The third-order valence-corrected chi connectivity index (χ3v) is 6.21. The second kappa shape index (κ2) is 8.48. The number of carbonyl (C=O) groups is 1. The number of amides is 1. The summed E-state index contributed by atoms with van der Waals surface area (Å²) < 4.78 is 12.7. The Bertz CT molecular complexity index is 1600. The molecule has 1 aliphatic rings. The van der Waals surface area contributed by atoms with Crippen molar-refractivity contribution in [2.75, 3.05) is 12.5 Å². The number of hydrogen-bond donors (Lipinski definition) is 2. The maximum atomic E-state index is 13.3. The Morgan fingerprint density at radius 1 is 0.971 bits per heavy atom. The van der Waals surface area contributed by atoms with E-state index in [1.54, 1.807) is 12.1 Å². The molecule has 35 heavy (non-hydrogen) atoms. The van der Waals surface area contributed by atoms with Gasteiger partial charge in [0, 0.05) is 11.6 Å². The minimum atomic E-state index is -0.323. The maximum Gasteiger partial charge on any atom is 0.257 e. The Labute approximate surface area is 205 Å². The molecule has 2 aromatic heterocycles. The molecule has 9 heteroatoms. The molecule has 5 aromatic rings. The summed E-state index contributed by atoms with van der Waals surface area (Å²) in [5, 5.41) is 3.58. The fraction of sp³-hybridized carbons (Fsp3) is 0.115. The number of nitrogens with one attached hydrogen (secondary N) is 1. The Morgan fingerprint density at radius 2 is 1.69 bits per heavy atom. The Hall–Kier alpha value is -4.30. The van der Waals surface area contributed by atoms with Gasteiger partial charge in [-0.15, -0.1) is 0 Å². The molecule has 1 aliphatic heterocycles. The summed E-state index contributed by atoms with van der Waals surface area (Å²) in [6, 6.07) is 20.5. The van der Waals surface area contributed by atoms with Crippen molar-refractivity contribution in [1.29, 1.82) is 0 Å². The molecule has 3 heterocycles. The summed E-state index contributed by atoms with van der Waals surface area (Å²) in [5.74, 6) is 1.35. The quantitative estimate of drug-likeness (QED) is 0.379. The van der Waals surface area contributed by atoms with E-state index in [-0.39, 0.29) is 12.7 Å². The molecule has 174 valence electrons. The van der Waals surface area contributed by atoms with E-state index in [0.29, 0.717) is 57.7 Å². The van der Waals surface area contributed by atoms with Crippen LogP contribution in [0.1, 0.15) is 21.5 Å². The van der Waals surface area contributed by atoms with Crippen LogP contribution in [-0.2, 0) is 13.1 Å². The average Bonchev–Trinajstić information content (AvgIpc) is 3.44. The van der Waals surface area contributed by atoms with Crippen molar-refractivity contribution in [3.05, 3.63) is 88.4 Å². The molecule has 0 saturated heterocycles. The SMILES string of the molecule is Nc1c(C(=O)NCc2ccc(Cl)cc2)c2nc3ccccc3nc2n1Cc1ccc2c(c1)OCO2. The van der Waals surface area contributed by atoms with Crippen LogP contribution in [0.25, 0.3) is 22.2 Å². The first-order chi connectivity index (χ1) is 17.1. The topological polar surface area (TPSA) is 104 Å². The van der Waals surface area contributed by atoms with Gasteiger partial charge in [0.25, 0.3) is 5.91 Å². The van der Waals surface area contributed by atoms with Gasteiger partial charge in [0.2, 0.25) is 6.79 Å². The fourth-order valence-corrected chi connectivity index (χ4v) is 4.32. The molecule has 0 spiro atoms. The lowest BCUT2D eigenvalue weighted by Gasteiger charge is -2.09. The molecule has 0 radical (unpaired) electrons. The standard InChI is InChI=1S/C26H20ClN5O3/c27-17-8-5-15(6-9-17)12-29-26(33)22-23-25(31-19-4-2-1-3-18(19)30-23)32(24(22)28)13-16-7-10-20-21(11-16)35-14-34-20/h1-11H,12-14,28H2,(H,29,33). The van der Waals surface area contributed by atoms with Crippen LogP contribution in [0.4, 0.5) is 5.82 Å². The molecule has 0 bridgehead atoms. The molecule has 0 saturated carbocycles. The van der Waals surface area contributed by atoms with E-state index in [1.165, 1.54) is 0 Å². The molecular weight excluding hydrogens is 466 g/mol. The summed E-state index contributed by atoms with van der Waals surface area (Å²) in [5.41, 5.74) is 11.1. The maximum absolute atomic E-state index is 13.3. The highest BCUT2D eigenvalue weighted by atomic mass is 35.5. The van der Waals surface area contributed by atoms with E-state index >= 15 is 0 Å². The van der Waals surface area contributed by atoms with Gasteiger partial charge in [-0.1, -0.05) is 41.9 Å². The second-order valence-corrected chi connectivity index (χ2v) is 8.66. The van der Waals surface area contributed by atoms with Crippen LogP contribution < -0.4 is 20.5 Å². The second-order valence-electron chi connectivity index (χ2n) is 8.23. The summed E-state index contributed by atoms with van der Waals surface area (Å²) in [7, 11) is 0. The lowest BCUT2D eigenvalue weighted by molar-refractivity contribution is 0.0953. The van der Waals surface area contributed by atoms with Gasteiger partial charge >= 0.3 is 0 Å². The highest BCUT2D eigenvalue weighted by molar-refractivity contribution is 6.30. The Morgan fingerprint density at radius 3 is 2.49 bits per heavy atom. The van der Waals surface area contributed by atoms with Crippen LogP contribution in [0, 0.1) is 0 Å². The average molecular weight is 486 g/mol. The summed E-state index contributed by atoms with van der Waals surface area (Å²) in [6.07, 6.45) is 0. The van der Waals surface area contributed by atoms with Gasteiger partial charge < -0.3 is 25.1 Å². The number of rotatable bonds is 5. The number of anilines is 1. The normalized spacial score (nSPS) is 12.4. The fourth-order valence-electron chi connectivity index (χ4n) is 4.20. The van der Waals surface area contributed by atoms with Gasteiger partial charge in [0.05, 0.1) is 17.6 Å². The summed E-state index contributed by atoms with van der Waals surface area (Å²) in [4.78, 5) is 22.9. The van der Waals surface area contributed by atoms with E-state index < -0.39 is 0 Å². The van der Waals surface area contributed by atoms with Crippen LogP contribution in [0.5, 0.6) is 11.5 Å². The zero-order chi connectivity index (χ0) is 23.9. The minimum Gasteiger partial charge on any atom is -0.454 e. The number of aromatic nitrogens is 3. The zero-order valence-corrected chi connectivity index (χ0v) is 19.2. The van der Waals surface area contributed by atoms with Crippen molar-refractivity contribution in [2.24, 2.45) is 0 Å². The Balaban J connectivity index is 1.42. The van der Waals surface area contributed by atoms with Gasteiger partial charge in [-0.3, -0.25) is 4.79 Å². The monoisotopic (exact) mass is 485 g/mol. The lowest BCUT2D eigenvalue weighted by Crippen LogP contribution is -2.24. The van der Waals surface area contributed by atoms with E-state index in [1.807, 2.05) is 59.2 Å². The number of nitrogens with two attached hydrogens (primary N) is 1. The van der Waals surface area contributed by atoms with Crippen molar-refractivity contribution in [1.82, 2.24) is 19.9 Å². The first-order valence-corrected chi connectivity index (χ1v) is 11.4. The molecule has 3 N–H and O–H groups in total. The predicted octanol–water partition coefficient (Wildman–Crippen LogP) is 4.53. The number of hydrogen-bond acceptors (Lipinski definition) is 6. The predicted molar refractivity (Wildman–Crippen MR) is 134 cm³/mol. The number of fused-ring (bicyclic) bond motifs is 3. The van der Waals surface area contributed by atoms with Gasteiger partial charge in [-0.25, -0.2) is 9.97 Å². The minimum absolute atomic E-state index is 0.197. The van der Waals surface area contributed by atoms with Gasteiger partial charge in [-0.05, 0) is 47.5 Å². The molecule has 1 amide bonds. The molecule has 0 aliphatic carbocycles. The Kier molecular flexibility index (Phi) is 5.15. The van der Waals surface area contributed by atoms with Crippen LogP contribution >= 0.6 is 11.6 Å².